The number of halogens is 1. The van der Waals surface area contributed by atoms with Gasteiger partial charge in [0.15, 0.2) is 6.54 Å². The van der Waals surface area contributed by atoms with Gasteiger partial charge in [0.25, 0.3) is 5.82 Å². The van der Waals surface area contributed by atoms with Gasteiger partial charge in [-0.15, -0.1) is 0 Å². The van der Waals surface area contributed by atoms with Crippen molar-refractivity contribution < 1.29 is 21.8 Å². The highest BCUT2D eigenvalue weighted by atomic mass is 35.5. The van der Waals surface area contributed by atoms with Crippen molar-refractivity contribution in [1.29, 1.82) is 0 Å². The van der Waals surface area contributed by atoms with E-state index < -0.39 is 0 Å². The fraction of sp³-hybridized carbons (Fsp3) is 0.143. The third-order valence-corrected chi connectivity index (χ3v) is 1.52. The predicted molar refractivity (Wildman–Crippen MR) is 35.3 cm³/mol. The molecule has 1 aliphatic heterocycles. The molecule has 0 saturated heterocycles. The number of aromatic nitrogens is 1. The quantitative estimate of drug-likeness (QED) is 0.412. The van der Waals surface area contributed by atoms with E-state index in [1.54, 1.807) is 0 Å². The van der Waals surface area contributed by atoms with Crippen LogP contribution < -0.4 is 22.3 Å². The van der Waals surface area contributed by atoms with Crippen LogP contribution in [0.25, 0.3) is 0 Å². The van der Waals surface area contributed by atoms with Gasteiger partial charge in [0.2, 0.25) is 0 Å². The molecule has 1 aromatic heterocycles. The lowest BCUT2D eigenvalue weighted by Crippen LogP contribution is -3.00. The molecule has 2 heterocycles. The van der Waals surface area contributed by atoms with E-state index in [4.69, 9.17) is 0 Å². The van der Waals surface area contributed by atoms with Gasteiger partial charge in [-0.05, 0) is 6.07 Å². The standard InChI is InChI=1S/C7H6N2O.ClH/c10-7-5-9-4-2-1-3-6(9)8-7;/h1-4H,5H2;1H. The van der Waals surface area contributed by atoms with E-state index in [9.17, 15) is 4.79 Å². The summed E-state index contributed by atoms with van der Waals surface area (Å²) in [4.78, 5) is 10.8. The average molecular weight is 171 g/mol. The van der Waals surface area contributed by atoms with Crippen molar-refractivity contribution in [2.45, 2.75) is 6.54 Å². The first-order chi connectivity index (χ1) is 4.86. The number of carbonyl (C=O) groups is 1. The van der Waals surface area contributed by atoms with Crippen molar-refractivity contribution in [3.63, 3.8) is 0 Å². The number of rotatable bonds is 0. The van der Waals surface area contributed by atoms with Crippen molar-refractivity contribution in [1.82, 2.24) is 0 Å². The maximum atomic E-state index is 10.8. The van der Waals surface area contributed by atoms with Crippen molar-refractivity contribution in [2.75, 3.05) is 5.32 Å². The highest BCUT2D eigenvalue weighted by Gasteiger charge is 2.23. The Bertz CT molecular complexity index is 261. The van der Waals surface area contributed by atoms with E-state index in [2.05, 4.69) is 5.32 Å². The highest BCUT2D eigenvalue weighted by Crippen LogP contribution is 2.02. The molecule has 0 unspecified atom stereocenters. The fourth-order valence-corrected chi connectivity index (χ4v) is 1.06. The minimum atomic E-state index is 0. The minimum absolute atomic E-state index is 0. The maximum Gasteiger partial charge on any atom is 0.349 e. The van der Waals surface area contributed by atoms with Gasteiger partial charge in [-0.25, -0.2) is 14.7 Å². The topological polar surface area (TPSA) is 33.0 Å². The van der Waals surface area contributed by atoms with Gasteiger partial charge in [-0.3, -0.25) is 0 Å². The second-order valence-electron chi connectivity index (χ2n) is 2.26. The summed E-state index contributed by atoms with van der Waals surface area (Å²) < 4.78 is 1.88. The molecule has 4 heteroatoms. The van der Waals surface area contributed by atoms with E-state index in [0.717, 1.165) is 5.82 Å². The lowest BCUT2D eigenvalue weighted by molar-refractivity contribution is -0.663. The van der Waals surface area contributed by atoms with E-state index in [1.807, 2.05) is 29.0 Å². The first kappa shape index (κ1) is 8.01. The second kappa shape index (κ2) is 2.88. The number of nitrogens with zero attached hydrogens (tertiary/aromatic N) is 1. The molecule has 1 amide bonds. The molecule has 0 saturated carbocycles. The van der Waals surface area contributed by atoms with Crippen molar-refractivity contribution in [3.05, 3.63) is 24.4 Å². The summed E-state index contributed by atoms with van der Waals surface area (Å²) in [6, 6.07) is 5.69. The molecule has 3 nitrogen and oxygen atoms in total. The van der Waals surface area contributed by atoms with Crippen LogP contribution in [0.1, 0.15) is 0 Å². The first-order valence-corrected chi connectivity index (χ1v) is 3.14. The fourth-order valence-electron chi connectivity index (χ4n) is 1.06. The van der Waals surface area contributed by atoms with Crippen LogP contribution in [0.15, 0.2) is 24.4 Å². The molecule has 0 aromatic carbocycles. The third kappa shape index (κ3) is 1.33. The number of pyridine rings is 1. The van der Waals surface area contributed by atoms with Crippen molar-refractivity contribution in [2.24, 2.45) is 0 Å². The first-order valence-electron chi connectivity index (χ1n) is 3.14. The number of amides is 1. The lowest BCUT2D eigenvalue weighted by Gasteiger charge is -1.87. The van der Waals surface area contributed by atoms with Gasteiger partial charge in [-0.1, -0.05) is 6.07 Å². The molecule has 0 spiro atoms. The zero-order valence-corrected chi connectivity index (χ0v) is 6.51. The van der Waals surface area contributed by atoms with Crippen LogP contribution in [-0.2, 0) is 11.3 Å². The van der Waals surface area contributed by atoms with E-state index in [0.29, 0.717) is 6.54 Å². The second-order valence-corrected chi connectivity index (χ2v) is 2.26. The zero-order chi connectivity index (χ0) is 6.97. The van der Waals surface area contributed by atoms with Crippen LogP contribution in [0.4, 0.5) is 5.82 Å². The summed E-state index contributed by atoms with van der Waals surface area (Å²) in [6.07, 6.45) is 1.88. The number of fused-ring (bicyclic) bond motifs is 1. The molecule has 1 aliphatic rings. The Hall–Kier alpha value is -1.09. The minimum Gasteiger partial charge on any atom is -1.00 e. The Morgan fingerprint density at radius 3 is 3.00 bits per heavy atom. The monoisotopic (exact) mass is 170 g/mol. The number of nitrogens with one attached hydrogen (secondary N) is 1. The van der Waals surface area contributed by atoms with Gasteiger partial charge in [0.05, 0.1) is 6.20 Å². The smallest absolute Gasteiger partial charge is 0.349 e. The van der Waals surface area contributed by atoms with Crippen LogP contribution in [0.2, 0.25) is 0 Å². The Morgan fingerprint density at radius 2 is 2.27 bits per heavy atom. The third-order valence-electron chi connectivity index (χ3n) is 1.52. The van der Waals surface area contributed by atoms with Crippen LogP contribution in [0, 0.1) is 0 Å². The molecule has 0 aliphatic carbocycles. The Labute approximate surface area is 70.4 Å². The molecule has 0 radical (unpaired) electrons. The highest BCUT2D eigenvalue weighted by molar-refractivity contribution is 5.90. The molecular weight excluding hydrogens is 164 g/mol. The van der Waals surface area contributed by atoms with Gasteiger partial charge in [0, 0.05) is 6.07 Å². The Balaban J connectivity index is 0.000000605. The summed E-state index contributed by atoms with van der Waals surface area (Å²) in [5.41, 5.74) is 0. The molecule has 0 fully saturated rings. The van der Waals surface area contributed by atoms with Crippen LogP contribution in [-0.4, -0.2) is 5.91 Å². The average Bonchev–Trinajstić information content (AvgIpc) is 2.27. The number of hydrogen-bond acceptors (Lipinski definition) is 1. The molecule has 1 aromatic rings. The lowest BCUT2D eigenvalue weighted by atomic mass is 10.5. The van der Waals surface area contributed by atoms with Gasteiger partial charge >= 0.3 is 5.91 Å². The molecule has 58 valence electrons. The van der Waals surface area contributed by atoms with Gasteiger partial charge < -0.3 is 12.4 Å². The summed E-state index contributed by atoms with van der Waals surface area (Å²) >= 11 is 0. The van der Waals surface area contributed by atoms with Crippen LogP contribution >= 0.6 is 0 Å². The molecule has 0 atom stereocenters. The largest absolute Gasteiger partial charge is 1.00 e. The summed E-state index contributed by atoms with van der Waals surface area (Å²) in [5.74, 6) is 0.943. The van der Waals surface area contributed by atoms with Gasteiger partial charge in [0.1, 0.15) is 0 Å². The summed E-state index contributed by atoms with van der Waals surface area (Å²) in [5, 5.41) is 2.72. The normalized spacial score (nSPS) is 13.3. The number of carbonyl (C=O) groups excluding carboxylic acids is 1. The van der Waals surface area contributed by atoms with Gasteiger partial charge in [-0.2, -0.15) is 0 Å². The van der Waals surface area contributed by atoms with E-state index >= 15 is 0 Å². The van der Waals surface area contributed by atoms with Crippen molar-refractivity contribution in [3.8, 4) is 0 Å². The number of hydrogen-bond donors (Lipinski definition) is 1. The van der Waals surface area contributed by atoms with Crippen LogP contribution in [0.3, 0.4) is 0 Å². The number of anilines is 1. The molecular formula is C7H7ClN2O. The van der Waals surface area contributed by atoms with E-state index in [1.165, 1.54) is 0 Å². The van der Waals surface area contributed by atoms with Crippen molar-refractivity contribution >= 4 is 11.7 Å². The predicted octanol–water partition coefficient (Wildman–Crippen LogP) is -3.07. The maximum absolute atomic E-state index is 10.8. The molecule has 11 heavy (non-hydrogen) atoms. The van der Waals surface area contributed by atoms with Crippen LogP contribution in [0.5, 0.6) is 0 Å². The Morgan fingerprint density at radius 1 is 1.45 bits per heavy atom. The molecule has 2 rings (SSSR count). The molecule has 0 bridgehead atoms. The Kier molecular flexibility index (Phi) is 2.10. The molecule has 1 N–H and O–H groups in total. The van der Waals surface area contributed by atoms with E-state index in [-0.39, 0.29) is 18.3 Å². The summed E-state index contributed by atoms with van der Waals surface area (Å²) in [7, 11) is 0. The SMILES string of the molecule is O=C1C[n+]2ccccc2N1.[Cl-]. The zero-order valence-electron chi connectivity index (χ0n) is 5.75. The summed E-state index contributed by atoms with van der Waals surface area (Å²) in [6.45, 7) is 0.455.